The second-order valence-electron chi connectivity index (χ2n) is 7.77. The van der Waals surface area contributed by atoms with Gasteiger partial charge in [-0.15, -0.1) is 0 Å². The Bertz CT molecular complexity index is 1350. The zero-order valence-corrected chi connectivity index (χ0v) is 19.9. The Kier molecular flexibility index (Phi) is 5.78. The van der Waals surface area contributed by atoms with Crippen LogP contribution in [0.4, 0.5) is 5.69 Å². The Morgan fingerprint density at radius 2 is 1.79 bits per heavy atom. The van der Waals surface area contributed by atoms with E-state index < -0.39 is 23.1 Å². The first kappa shape index (κ1) is 22.4. The minimum Gasteiger partial charge on any atom is -0.496 e. The number of anilines is 1. The molecular weight excluding hydrogens is 476 g/mol. The van der Waals surface area contributed by atoms with Gasteiger partial charge < -0.3 is 14.5 Å². The van der Waals surface area contributed by atoms with Crippen LogP contribution in [0.1, 0.15) is 33.6 Å². The van der Waals surface area contributed by atoms with E-state index in [0.29, 0.717) is 22.0 Å². The van der Waals surface area contributed by atoms with Crippen LogP contribution in [-0.2, 0) is 14.3 Å². The summed E-state index contributed by atoms with van der Waals surface area (Å²) in [5, 5.41) is -0.0993. The zero-order valence-electron chi connectivity index (χ0n) is 18.3. The van der Waals surface area contributed by atoms with Crippen molar-refractivity contribution >= 4 is 46.6 Å². The van der Waals surface area contributed by atoms with E-state index in [2.05, 4.69) is 4.98 Å². The van der Waals surface area contributed by atoms with E-state index >= 15 is 0 Å². The van der Waals surface area contributed by atoms with Crippen LogP contribution in [0.2, 0.25) is 0 Å². The number of thiazole rings is 1. The third-order valence-electron chi connectivity index (χ3n) is 5.93. The van der Waals surface area contributed by atoms with Gasteiger partial charge in [-0.05, 0) is 37.3 Å². The second-order valence-corrected chi connectivity index (χ2v) is 9.94. The van der Waals surface area contributed by atoms with Crippen LogP contribution in [0.25, 0.3) is 0 Å². The molecule has 0 spiro atoms. The van der Waals surface area contributed by atoms with Gasteiger partial charge in [0.05, 0.1) is 35.9 Å². The van der Waals surface area contributed by atoms with Gasteiger partial charge in [-0.25, -0.2) is 9.69 Å². The molecule has 34 heavy (non-hydrogen) atoms. The van der Waals surface area contributed by atoms with Gasteiger partial charge in [-0.3, -0.25) is 14.4 Å². The molecule has 3 atom stereocenters. The van der Waals surface area contributed by atoms with Gasteiger partial charge in [0.2, 0.25) is 11.8 Å². The van der Waals surface area contributed by atoms with E-state index in [4.69, 9.17) is 9.47 Å². The van der Waals surface area contributed by atoms with E-state index in [9.17, 15) is 19.2 Å². The number of esters is 1. The predicted molar refractivity (Wildman–Crippen MR) is 128 cm³/mol. The van der Waals surface area contributed by atoms with Crippen molar-refractivity contribution in [2.24, 2.45) is 5.92 Å². The van der Waals surface area contributed by atoms with Crippen molar-refractivity contribution in [1.29, 1.82) is 0 Å². The van der Waals surface area contributed by atoms with Gasteiger partial charge >= 0.3 is 10.8 Å². The van der Waals surface area contributed by atoms with Crippen LogP contribution in [-0.4, -0.2) is 41.7 Å². The molecule has 1 N–H and O–H groups in total. The summed E-state index contributed by atoms with van der Waals surface area (Å²) in [6, 6.07) is 13.5. The fourth-order valence-electron chi connectivity index (χ4n) is 4.49. The molecule has 0 unspecified atom stereocenters. The third-order valence-corrected chi connectivity index (χ3v) is 8.34. The summed E-state index contributed by atoms with van der Waals surface area (Å²) in [6.07, 6.45) is 0. The molecule has 1 fully saturated rings. The van der Waals surface area contributed by atoms with Gasteiger partial charge in [-0.2, -0.15) is 0 Å². The summed E-state index contributed by atoms with van der Waals surface area (Å²) in [5.74, 6) is -1.82. The van der Waals surface area contributed by atoms with Crippen LogP contribution < -0.4 is 14.5 Å². The number of thioether (sulfide) groups is 1. The van der Waals surface area contributed by atoms with Crippen LogP contribution in [0.3, 0.4) is 0 Å². The summed E-state index contributed by atoms with van der Waals surface area (Å²) in [7, 11) is 1.55. The minimum absolute atomic E-state index is 0.233. The summed E-state index contributed by atoms with van der Waals surface area (Å²) in [6.45, 7) is 1.97. The number of benzene rings is 2. The standard InChI is InChI=1S/C24H20N2O6S2/c1-3-32-23(29)12-8-10-13(11-9-12)26-21(27)17-16(14-6-4-5-7-15(14)31-2)18-20(25-24(30)34-18)33-19(17)22(26)28/h4-11,16-17,19H,3H2,1-2H3,(H,25,30)/t16-,17-,19+/m0/s1. The highest BCUT2D eigenvalue weighted by Gasteiger charge is 2.56. The predicted octanol–water partition coefficient (Wildman–Crippen LogP) is 3.42. The van der Waals surface area contributed by atoms with Gasteiger partial charge in [0.1, 0.15) is 11.0 Å². The molecule has 3 heterocycles. The number of aromatic nitrogens is 1. The first-order valence-electron chi connectivity index (χ1n) is 10.6. The quantitative estimate of drug-likeness (QED) is 0.426. The summed E-state index contributed by atoms with van der Waals surface area (Å²) in [5.41, 5.74) is 1.47. The number of imide groups is 1. The maximum Gasteiger partial charge on any atom is 0.338 e. The molecule has 0 aliphatic carbocycles. The van der Waals surface area contributed by atoms with E-state index in [-0.39, 0.29) is 23.3 Å². The Labute approximate surface area is 202 Å². The molecule has 8 nitrogen and oxygen atoms in total. The lowest BCUT2D eigenvalue weighted by Crippen LogP contribution is -2.32. The Morgan fingerprint density at radius 1 is 1.06 bits per heavy atom. The first-order chi connectivity index (χ1) is 16.4. The number of nitrogens with one attached hydrogen (secondary N) is 1. The molecule has 0 saturated carbocycles. The van der Waals surface area contributed by atoms with E-state index in [1.807, 2.05) is 18.2 Å². The molecular formula is C24H20N2O6S2. The van der Waals surface area contributed by atoms with Gasteiger partial charge in [0.15, 0.2) is 0 Å². The molecule has 2 aliphatic heterocycles. The van der Waals surface area contributed by atoms with Crippen molar-refractivity contribution in [2.45, 2.75) is 23.1 Å². The lowest BCUT2D eigenvalue weighted by atomic mass is 9.82. The van der Waals surface area contributed by atoms with Crippen LogP contribution in [0, 0.1) is 5.92 Å². The maximum atomic E-state index is 13.7. The van der Waals surface area contributed by atoms with E-state index in [1.165, 1.54) is 28.8 Å². The van der Waals surface area contributed by atoms with Crippen molar-refractivity contribution in [3.63, 3.8) is 0 Å². The summed E-state index contributed by atoms with van der Waals surface area (Å²) < 4.78 is 10.6. The van der Waals surface area contributed by atoms with E-state index in [1.54, 1.807) is 32.2 Å². The largest absolute Gasteiger partial charge is 0.496 e. The number of hydrogen-bond donors (Lipinski definition) is 1. The van der Waals surface area contributed by atoms with Gasteiger partial charge in [0.25, 0.3) is 0 Å². The van der Waals surface area contributed by atoms with Crippen molar-refractivity contribution in [2.75, 3.05) is 18.6 Å². The molecule has 1 saturated heterocycles. The van der Waals surface area contributed by atoms with Gasteiger partial charge in [-0.1, -0.05) is 41.3 Å². The smallest absolute Gasteiger partial charge is 0.338 e. The highest BCUT2D eigenvalue weighted by atomic mass is 32.2. The Balaban J connectivity index is 1.57. The lowest BCUT2D eigenvalue weighted by molar-refractivity contribution is -0.122. The fraction of sp³-hybridized carbons (Fsp3) is 0.250. The van der Waals surface area contributed by atoms with Crippen molar-refractivity contribution in [3.8, 4) is 5.75 Å². The third kappa shape index (κ3) is 3.54. The summed E-state index contributed by atoms with van der Waals surface area (Å²) >= 11 is 2.26. The maximum absolute atomic E-state index is 13.7. The van der Waals surface area contributed by atoms with E-state index in [0.717, 1.165) is 21.8 Å². The van der Waals surface area contributed by atoms with Crippen LogP contribution in [0.5, 0.6) is 5.75 Å². The van der Waals surface area contributed by atoms with Crippen LogP contribution >= 0.6 is 23.1 Å². The number of aromatic amines is 1. The molecule has 2 amide bonds. The number of H-pyrrole nitrogens is 1. The molecule has 10 heteroatoms. The van der Waals surface area contributed by atoms with Gasteiger partial charge in [0, 0.05) is 16.4 Å². The monoisotopic (exact) mass is 496 g/mol. The molecule has 0 bridgehead atoms. The number of ether oxygens (including phenoxy) is 2. The summed E-state index contributed by atoms with van der Waals surface area (Å²) in [4.78, 5) is 55.9. The number of hydrogen-bond acceptors (Lipinski definition) is 8. The fourth-order valence-corrected chi connectivity index (χ4v) is 7.00. The second kappa shape index (κ2) is 8.77. The molecule has 1 aromatic heterocycles. The highest BCUT2D eigenvalue weighted by molar-refractivity contribution is 8.00. The number of methoxy groups -OCH3 is 1. The van der Waals surface area contributed by atoms with Crippen LogP contribution in [0.15, 0.2) is 58.4 Å². The SMILES string of the molecule is CCOC(=O)c1ccc(N2C(=O)[C@H]3[C@H](c4ccccc4OC)c4sc(=O)[nH]c4S[C@H]3C2=O)cc1. The number of fused-ring (bicyclic) bond motifs is 2. The molecule has 3 aromatic rings. The van der Waals surface area contributed by atoms with Crippen molar-refractivity contribution in [3.05, 3.63) is 74.2 Å². The molecule has 2 aliphatic rings. The molecule has 2 aromatic carbocycles. The highest BCUT2D eigenvalue weighted by Crippen LogP contribution is 2.54. The average molecular weight is 497 g/mol. The molecule has 0 radical (unpaired) electrons. The van der Waals surface area contributed by atoms with Crippen molar-refractivity contribution in [1.82, 2.24) is 4.98 Å². The number of carbonyl (C=O) groups excluding carboxylic acids is 3. The number of carbonyl (C=O) groups is 3. The number of amides is 2. The lowest BCUT2D eigenvalue weighted by Gasteiger charge is -2.30. The Hall–Kier alpha value is -3.37. The molecule has 5 rings (SSSR count). The zero-order chi connectivity index (χ0) is 24.0. The number of para-hydroxylation sites is 1. The minimum atomic E-state index is -0.711. The number of nitrogens with zero attached hydrogens (tertiary/aromatic N) is 1. The first-order valence-corrected chi connectivity index (χ1v) is 12.3. The topological polar surface area (TPSA) is 106 Å². The Morgan fingerprint density at radius 3 is 2.50 bits per heavy atom. The average Bonchev–Trinajstić information content (AvgIpc) is 3.33. The number of rotatable bonds is 5. The normalized spacial score (nSPS) is 21.2. The molecule has 174 valence electrons. The van der Waals surface area contributed by atoms with Crippen molar-refractivity contribution < 1.29 is 23.9 Å².